The van der Waals surface area contributed by atoms with Gasteiger partial charge >= 0.3 is 17.9 Å². The summed E-state index contributed by atoms with van der Waals surface area (Å²) in [5.41, 5.74) is 0. The minimum atomic E-state index is -0.785. The van der Waals surface area contributed by atoms with Gasteiger partial charge in [0.25, 0.3) is 0 Å². The van der Waals surface area contributed by atoms with Crippen LogP contribution in [0.4, 0.5) is 0 Å². The molecule has 376 valence electrons. The molecule has 0 bridgehead atoms. The smallest absolute Gasteiger partial charge is 0.306 e. The van der Waals surface area contributed by atoms with E-state index in [0.717, 1.165) is 89.9 Å². The number of carbonyl (C=O) groups is 3. The molecule has 6 heteroatoms. The Labute approximate surface area is 402 Å². The van der Waals surface area contributed by atoms with E-state index in [4.69, 9.17) is 14.2 Å². The van der Waals surface area contributed by atoms with Crippen LogP contribution < -0.4 is 0 Å². The van der Waals surface area contributed by atoms with Crippen molar-refractivity contribution in [1.29, 1.82) is 0 Å². The van der Waals surface area contributed by atoms with Crippen LogP contribution in [0.2, 0.25) is 0 Å². The van der Waals surface area contributed by atoms with Gasteiger partial charge in [0.1, 0.15) is 13.2 Å². The van der Waals surface area contributed by atoms with Gasteiger partial charge in [-0.05, 0) is 109 Å². The van der Waals surface area contributed by atoms with Gasteiger partial charge in [0.2, 0.25) is 0 Å². The Balaban J connectivity index is 4.39. The van der Waals surface area contributed by atoms with Crippen LogP contribution in [0.5, 0.6) is 0 Å². The summed E-state index contributed by atoms with van der Waals surface area (Å²) in [5.74, 6) is -0.903. The number of rotatable bonds is 50. The highest BCUT2D eigenvalue weighted by atomic mass is 16.6. The van der Waals surface area contributed by atoms with Crippen molar-refractivity contribution >= 4 is 17.9 Å². The minimum Gasteiger partial charge on any atom is -0.462 e. The van der Waals surface area contributed by atoms with Gasteiger partial charge in [0.05, 0.1) is 0 Å². The maximum Gasteiger partial charge on any atom is 0.306 e. The van der Waals surface area contributed by atoms with Gasteiger partial charge in [-0.15, -0.1) is 0 Å². The van der Waals surface area contributed by atoms with Gasteiger partial charge in [-0.2, -0.15) is 0 Å². The topological polar surface area (TPSA) is 78.9 Å². The molecular weight excluding hydrogens is 805 g/mol. The standard InChI is InChI=1S/C59H104O6/c1-4-7-10-13-16-19-22-25-27-28-29-30-32-35-38-41-44-47-50-53-59(62)65-56(54-63-57(60)51-48-45-42-39-36-33-24-21-18-15-12-9-6-3)55-64-58(61)52-49-46-43-40-37-34-31-26-23-20-17-14-11-8-5-2/h16-17,19-21,24-27,31,56H,4-15,18,22-23,28-30,32-55H2,1-3H3/b19-16-,20-17-,24-21-,27-25-,31-26-/t56-/m0/s1. The Bertz CT molecular complexity index is 1180. The average Bonchev–Trinajstić information content (AvgIpc) is 3.30. The lowest BCUT2D eigenvalue weighted by molar-refractivity contribution is -0.167. The molecule has 0 aromatic carbocycles. The van der Waals surface area contributed by atoms with Crippen LogP contribution in [0.3, 0.4) is 0 Å². The lowest BCUT2D eigenvalue weighted by atomic mass is 10.1. The minimum absolute atomic E-state index is 0.0842. The van der Waals surface area contributed by atoms with E-state index < -0.39 is 6.10 Å². The Kier molecular flexibility index (Phi) is 51.3. The first-order chi connectivity index (χ1) is 32.0. The van der Waals surface area contributed by atoms with E-state index in [0.29, 0.717) is 19.3 Å². The zero-order valence-corrected chi connectivity index (χ0v) is 43.0. The van der Waals surface area contributed by atoms with Crippen molar-refractivity contribution in [3.63, 3.8) is 0 Å². The molecule has 0 rings (SSSR count). The molecule has 0 aliphatic heterocycles. The number of allylic oxidation sites excluding steroid dienone is 10. The molecule has 0 spiro atoms. The van der Waals surface area contributed by atoms with Crippen molar-refractivity contribution in [2.75, 3.05) is 13.2 Å². The molecule has 0 fully saturated rings. The predicted octanol–water partition coefficient (Wildman–Crippen LogP) is 18.4. The summed E-state index contributed by atoms with van der Waals surface area (Å²) in [6.07, 6.45) is 66.3. The molecule has 0 aliphatic carbocycles. The lowest BCUT2D eigenvalue weighted by Gasteiger charge is -2.18. The maximum atomic E-state index is 12.8. The normalized spacial score (nSPS) is 12.5. The Morgan fingerprint density at radius 2 is 0.554 bits per heavy atom. The quantitative estimate of drug-likeness (QED) is 0.0262. The molecule has 0 aliphatic rings. The summed E-state index contributed by atoms with van der Waals surface area (Å²) in [6.45, 7) is 6.57. The summed E-state index contributed by atoms with van der Waals surface area (Å²) in [6, 6.07) is 0. The molecule has 65 heavy (non-hydrogen) atoms. The SMILES string of the molecule is CCCCC/C=C\C/C=C\CCCCCCCCCCCC(=O)O[C@H](COC(=O)CCCCCCC/C=C\C/C=C\CCCCC)COC(=O)CCCCCCC/C=C\CCCCCC. The number of hydrogen-bond donors (Lipinski definition) is 0. The first-order valence-corrected chi connectivity index (χ1v) is 27.8. The Morgan fingerprint density at radius 1 is 0.308 bits per heavy atom. The summed E-state index contributed by atoms with van der Waals surface area (Å²) < 4.78 is 16.8. The van der Waals surface area contributed by atoms with E-state index in [1.807, 2.05) is 0 Å². The first kappa shape index (κ1) is 62.1. The number of hydrogen-bond acceptors (Lipinski definition) is 6. The fourth-order valence-corrected chi connectivity index (χ4v) is 7.73. The second-order valence-electron chi connectivity index (χ2n) is 18.5. The van der Waals surface area contributed by atoms with Gasteiger partial charge in [0, 0.05) is 19.3 Å². The van der Waals surface area contributed by atoms with Crippen LogP contribution in [-0.2, 0) is 28.6 Å². The molecule has 0 heterocycles. The molecule has 0 aromatic heterocycles. The van der Waals surface area contributed by atoms with Crippen LogP contribution in [0.1, 0.15) is 278 Å². The molecular formula is C59H104O6. The summed E-state index contributed by atoms with van der Waals surface area (Å²) in [4.78, 5) is 38.1. The van der Waals surface area contributed by atoms with Gasteiger partial charge in [0.15, 0.2) is 6.10 Å². The molecule has 1 atom stereocenters. The van der Waals surface area contributed by atoms with E-state index in [1.54, 1.807) is 0 Å². The highest BCUT2D eigenvalue weighted by Gasteiger charge is 2.19. The largest absolute Gasteiger partial charge is 0.462 e. The highest BCUT2D eigenvalue weighted by Crippen LogP contribution is 2.15. The van der Waals surface area contributed by atoms with Gasteiger partial charge in [-0.25, -0.2) is 0 Å². The number of carbonyl (C=O) groups excluding carboxylic acids is 3. The fourth-order valence-electron chi connectivity index (χ4n) is 7.73. The predicted molar refractivity (Wildman–Crippen MR) is 279 cm³/mol. The lowest BCUT2D eigenvalue weighted by Crippen LogP contribution is -2.30. The van der Waals surface area contributed by atoms with E-state index in [9.17, 15) is 14.4 Å². The van der Waals surface area contributed by atoms with Crippen molar-refractivity contribution in [1.82, 2.24) is 0 Å². The van der Waals surface area contributed by atoms with Crippen LogP contribution in [-0.4, -0.2) is 37.2 Å². The van der Waals surface area contributed by atoms with Crippen LogP contribution in [0, 0.1) is 0 Å². The maximum absolute atomic E-state index is 12.8. The third-order valence-corrected chi connectivity index (χ3v) is 12.0. The van der Waals surface area contributed by atoms with Crippen molar-refractivity contribution in [2.45, 2.75) is 284 Å². The zero-order valence-electron chi connectivity index (χ0n) is 43.0. The van der Waals surface area contributed by atoms with Crippen LogP contribution in [0.15, 0.2) is 60.8 Å². The number of esters is 3. The van der Waals surface area contributed by atoms with Crippen LogP contribution >= 0.6 is 0 Å². The third kappa shape index (κ3) is 51.9. The summed E-state index contributed by atoms with van der Waals surface area (Å²) in [5, 5.41) is 0. The van der Waals surface area contributed by atoms with Gasteiger partial charge < -0.3 is 14.2 Å². The molecule has 0 saturated carbocycles. The second-order valence-corrected chi connectivity index (χ2v) is 18.5. The van der Waals surface area contributed by atoms with Crippen molar-refractivity contribution in [3.05, 3.63) is 60.8 Å². The molecule has 0 radical (unpaired) electrons. The molecule has 0 amide bonds. The summed E-state index contributed by atoms with van der Waals surface area (Å²) >= 11 is 0. The van der Waals surface area contributed by atoms with Crippen molar-refractivity contribution in [2.24, 2.45) is 0 Å². The van der Waals surface area contributed by atoms with E-state index in [-0.39, 0.29) is 31.1 Å². The second kappa shape index (κ2) is 53.7. The Hall–Kier alpha value is -2.89. The van der Waals surface area contributed by atoms with Gasteiger partial charge in [-0.3, -0.25) is 14.4 Å². The first-order valence-electron chi connectivity index (χ1n) is 27.8. The summed E-state index contributed by atoms with van der Waals surface area (Å²) in [7, 11) is 0. The van der Waals surface area contributed by atoms with Crippen molar-refractivity contribution in [3.8, 4) is 0 Å². The van der Waals surface area contributed by atoms with E-state index in [1.165, 1.54) is 148 Å². The molecule has 6 nitrogen and oxygen atoms in total. The third-order valence-electron chi connectivity index (χ3n) is 12.0. The number of unbranched alkanes of at least 4 members (excludes halogenated alkanes) is 29. The molecule has 0 saturated heterocycles. The van der Waals surface area contributed by atoms with Crippen LogP contribution in [0.25, 0.3) is 0 Å². The highest BCUT2D eigenvalue weighted by molar-refractivity contribution is 5.71. The van der Waals surface area contributed by atoms with Gasteiger partial charge in [-0.1, -0.05) is 210 Å². The molecule has 0 N–H and O–H groups in total. The zero-order chi connectivity index (χ0) is 47.2. The van der Waals surface area contributed by atoms with Crippen molar-refractivity contribution < 1.29 is 28.6 Å². The van der Waals surface area contributed by atoms with E-state index in [2.05, 4.69) is 81.5 Å². The number of ether oxygens (including phenoxy) is 3. The fraction of sp³-hybridized carbons (Fsp3) is 0.780. The van der Waals surface area contributed by atoms with E-state index >= 15 is 0 Å². The molecule has 0 unspecified atom stereocenters. The average molecular weight is 909 g/mol. The monoisotopic (exact) mass is 909 g/mol. The Morgan fingerprint density at radius 3 is 0.892 bits per heavy atom. The molecule has 0 aromatic rings.